The zero-order valence-corrected chi connectivity index (χ0v) is 15.0. The van der Waals surface area contributed by atoms with Crippen LogP contribution in [0.25, 0.3) is 0 Å². The molecular formula is C20H26N4O. The highest BCUT2D eigenvalue weighted by Crippen LogP contribution is 2.27. The van der Waals surface area contributed by atoms with Gasteiger partial charge in [0.2, 0.25) is 0 Å². The number of nitrogen functional groups attached to an aromatic ring is 1. The lowest BCUT2D eigenvalue weighted by molar-refractivity contribution is 0.102. The van der Waals surface area contributed by atoms with Gasteiger partial charge in [-0.05, 0) is 43.3 Å². The topological polar surface area (TPSA) is 61.6 Å². The highest BCUT2D eigenvalue weighted by Gasteiger charge is 2.19. The summed E-state index contributed by atoms with van der Waals surface area (Å²) in [6.07, 6.45) is 0. The van der Waals surface area contributed by atoms with Gasteiger partial charge in [0, 0.05) is 37.4 Å². The van der Waals surface area contributed by atoms with E-state index in [9.17, 15) is 4.79 Å². The van der Waals surface area contributed by atoms with Crippen LogP contribution in [0, 0.1) is 6.92 Å². The third-order valence-corrected chi connectivity index (χ3v) is 4.82. The molecule has 5 heteroatoms. The molecule has 1 saturated heterocycles. The summed E-state index contributed by atoms with van der Waals surface area (Å²) >= 11 is 0. The average molecular weight is 338 g/mol. The van der Waals surface area contributed by atoms with Crippen molar-refractivity contribution in [2.24, 2.45) is 0 Å². The van der Waals surface area contributed by atoms with Crippen LogP contribution in [0.4, 0.5) is 17.1 Å². The highest BCUT2D eigenvalue weighted by atomic mass is 16.1. The minimum atomic E-state index is -0.121. The van der Waals surface area contributed by atoms with Crippen molar-refractivity contribution in [2.45, 2.75) is 13.8 Å². The first kappa shape index (κ1) is 17.3. The van der Waals surface area contributed by atoms with Crippen LogP contribution in [0.3, 0.4) is 0 Å². The van der Waals surface area contributed by atoms with Gasteiger partial charge in [-0.25, -0.2) is 0 Å². The molecule has 5 nitrogen and oxygen atoms in total. The van der Waals surface area contributed by atoms with E-state index in [1.165, 1.54) is 0 Å². The lowest BCUT2D eigenvalue weighted by atomic mass is 10.1. The van der Waals surface area contributed by atoms with Gasteiger partial charge in [-0.15, -0.1) is 0 Å². The molecule has 0 aliphatic carbocycles. The van der Waals surface area contributed by atoms with Crippen LogP contribution in [-0.4, -0.2) is 43.5 Å². The SMILES string of the molecule is CCN1CCN(c2ccccc2NC(=O)c2cc(N)ccc2C)CC1. The van der Waals surface area contributed by atoms with Crippen LogP contribution in [-0.2, 0) is 0 Å². The number of hydrogen-bond donors (Lipinski definition) is 2. The fourth-order valence-electron chi connectivity index (χ4n) is 3.23. The Morgan fingerprint density at radius 2 is 1.84 bits per heavy atom. The summed E-state index contributed by atoms with van der Waals surface area (Å²) in [7, 11) is 0. The number of nitrogens with two attached hydrogens (primary N) is 1. The maximum absolute atomic E-state index is 12.7. The second-order valence-electron chi connectivity index (χ2n) is 6.47. The quantitative estimate of drug-likeness (QED) is 0.842. The second kappa shape index (κ2) is 7.57. The third kappa shape index (κ3) is 3.94. The van der Waals surface area contributed by atoms with Crippen molar-refractivity contribution in [3.8, 4) is 0 Å². The normalized spacial score (nSPS) is 15.2. The van der Waals surface area contributed by atoms with E-state index in [1.807, 2.05) is 37.3 Å². The number of carbonyl (C=O) groups is 1. The fraction of sp³-hybridized carbons (Fsp3) is 0.350. The molecule has 0 unspecified atom stereocenters. The van der Waals surface area contributed by atoms with Crippen molar-refractivity contribution >= 4 is 23.0 Å². The molecule has 0 atom stereocenters. The molecule has 0 spiro atoms. The highest BCUT2D eigenvalue weighted by molar-refractivity contribution is 6.07. The number of hydrogen-bond acceptors (Lipinski definition) is 4. The Balaban J connectivity index is 1.79. The van der Waals surface area contributed by atoms with Crippen LogP contribution in [0.1, 0.15) is 22.8 Å². The Morgan fingerprint density at radius 3 is 2.56 bits per heavy atom. The number of piperazine rings is 1. The molecule has 0 aromatic heterocycles. The Kier molecular flexibility index (Phi) is 5.24. The number of para-hydroxylation sites is 2. The molecule has 0 saturated carbocycles. The van der Waals surface area contributed by atoms with E-state index in [2.05, 4.69) is 28.1 Å². The number of aryl methyl sites for hydroxylation is 1. The van der Waals surface area contributed by atoms with E-state index in [-0.39, 0.29) is 5.91 Å². The van der Waals surface area contributed by atoms with E-state index in [4.69, 9.17) is 5.73 Å². The number of amides is 1. The van der Waals surface area contributed by atoms with Crippen molar-refractivity contribution in [2.75, 3.05) is 48.7 Å². The Hall–Kier alpha value is -2.53. The van der Waals surface area contributed by atoms with Crippen LogP contribution < -0.4 is 16.0 Å². The van der Waals surface area contributed by atoms with Gasteiger partial charge in [0.15, 0.2) is 0 Å². The summed E-state index contributed by atoms with van der Waals surface area (Å²) in [6.45, 7) is 9.24. The van der Waals surface area contributed by atoms with Crippen molar-refractivity contribution in [3.05, 3.63) is 53.6 Å². The molecule has 3 N–H and O–H groups in total. The zero-order chi connectivity index (χ0) is 17.8. The van der Waals surface area contributed by atoms with Gasteiger partial charge in [-0.1, -0.05) is 25.1 Å². The van der Waals surface area contributed by atoms with Crippen LogP contribution in [0.15, 0.2) is 42.5 Å². The van der Waals surface area contributed by atoms with Gasteiger partial charge < -0.3 is 20.9 Å². The molecule has 2 aromatic rings. The number of carbonyl (C=O) groups excluding carboxylic acids is 1. The fourth-order valence-corrected chi connectivity index (χ4v) is 3.23. The molecule has 1 heterocycles. The minimum absolute atomic E-state index is 0.121. The number of anilines is 3. The Morgan fingerprint density at radius 1 is 1.12 bits per heavy atom. The average Bonchev–Trinajstić information content (AvgIpc) is 2.64. The Bertz CT molecular complexity index is 751. The van der Waals surface area contributed by atoms with Crippen LogP contribution >= 0.6 is 0 Å². The van der Waals surface area contributed by atoms with E-state index in [1.54, 1.807) is 6.07 Å². The third-order valence-electron chi connectivity index (χ3n) is 4.82. The largest absolute Gasteiger partial charge is 0.399 e. The monoisotopic (exact) mass is 338 g/mol. The van der Waals surface area contributed by atoms with Crippen molar-refractivity contribution in [1.29, 1.82) is 0 Å². The number of rotatable bonds is 4. The number of likely N-dealkylation sites (N-methyl/N-ethyl adjacent to an activating group) is 1. The van der Waals surface area contributed by atoms with Crippen LogP contribution in [0.5, 0.6) is 0 Å². The van der Waals surface area contributed by atoms with Gasteiger partial charge >= 0.3 is 0 Å². The molecule has 1 aliphatic rings. The molecule has 2 aromatic carbocycles. The second-order valence-corrected chi connectivity index (χ2v) is 6.47. The first-order valence-electron chi connectivity index (χ1n) is 8.82. The first-order valence-corrected chi connectivity index (χ1v) is 8.82. The number of nitrogens with zero attached hydrogens (tertiary/aromatic N) is 2. The summed E-state index contributed by atoms with van der Waals surface area (Å²) in [6, 6.07) is 13.4. The molecule has 1 amide bonds. The maximum Gasteiger partial charge on any atom is 0.256 e. The predicted molar refractivity (Wildman–Crippen MR) is 104 cm³/mol. The van der Waals surface area contributed by atoms with Gasteiger partial charge in [0.1, 0.15) is 0 Å². The summed E-state index contributed by atoms with van der Waals surface area (Å²) < 4.78 is 0. The Labute approximate surface area is 149 Å². The van der Waals surface area contributed by atoms with Crippen molar-refractivity contribution in [1.82, 2.24) is 4.90 Å². The maximum atomic E-state index is 12.7. The zero-order valence-electron chi connectivity index (χ0n) is 15.0. The summed E-state index contributed by atoms with van der Waals surface area (Å²) in [5.41, 5.74) is 9.89. The molecule has 1 fully saturated rings. The molecule has 0 bridgehead atoms. The number of nitrogens with one attached hydrogen (secondary N) is 1. The smallest absolute Gasteiger partial charge is 0.256 e. The molecule has 3 rings (SSSR count). The molecule has 132 valence electrons. The van der Waals surface area contributed by atoms with Crippen LogP contribution in [0.2, 0.25) is 0 Å². The van der Waals surface area contributed by atoms with Gasteiger partial charge in [0.25, 0.3) is 5.91 Å². The predicted octanol–water partition coefficient (Wildman–Crippen LogP) is 2.97. The van der Waals surface area contributed by atoms with Gasteiger partial charge in [-0.2, -0.15) is 0 Å². The lowest BCUT2D eigenvalue weighted by Gasteiger charge is -2.36. The summed E-state index contributed by atoms with van der Waals surface area (Å²) in [5, 5.41) is 3.07. The minimum Gasteiger partial charge on any atom is -0.399 e. The van der Waals surface area contributed by atoms with Gasteiger partial charge in [-0.3, -0.25) is 4.79 Å². The summed E-state index contributed by atoms with van der Waals surface area (Å²) in [5.74, 6) is -0.121. The van der Waals surface area contributed by atoms with E-state index in [0.717, 1.165) is 49.7 Å². The van der Waals surface area contributed by atoms with E-state index < -0.39 is 0 Å². The molecular weight excluding hydrogens is 312 g/mol. The first-order chi connectivity index (χ1) is 12.1. The standard InChI is InChI=1S/C20H26N4O/c1-3-23-10-12-24(13-11-23)19-7-5-4-6-18(19)22-20(25)17-14-16(21)9-8-15(17)2/h4-9,14H,3,10-13,21H2,1-2H3,(H,22,25). The summed E-state index contributed by atoms with van der Waals surface area (Å²) in [4.78, 5) is 17.5. The van der Waals surface area contributed by atoms with Crippen molar-refractivity contribution < 1.29 is 4.79 Å². The van der Waals surface area contributed by atoms with Gasteiger partial charge in [0.05, 0.1) is 11.4 Å². The molecule has 1 aliphatic heterocycles. The molecule has 25 heavy (non-hydrogen) atoms. The van der Waals surface area contributed by atoms with E-state index >= 15 is 0 Å². The molecule has 0 radical (unpaired) electrons. The lowest BCUT2D eigenvalue weighted by Crippen LogP contribution is -2.46. The number of benzene rings is 2. The van der Waals surface area contributed by atoms with E-state index in [0.29, 0.717) is 11.3 Å². The van der Waals surface area contributed by atoms with Crippen molar-refractivity contribution in [3.63, 3.8) is 0 Å².